The Labute approximate surface area is 169 Å². The highest BCUT2D eigenvalue weighted by atomic mass is 35.5. The summed E-state index contributed by atoms with van der Waals surface area (Å²) in [6, 6.07) is 6.45. The predicted molar refractivity (Wildman–Crippen MR) is 108 cm³/mol. The topological polar surface area (TPSA) is 88.8 Å². The number of aromatic nitrogens is 2. The summed E-state index contributed by atoms with van der Waals surface area (Å²) in [6.45, 7) is 1.84. The van der Waals surface area contributed by atoms with E-state index in [4.69, 9.17) is 17.3 Å². The van der Waals surface area contributed by atoms with Crippen LogP contribution in [0.25, 0.3) is 22.2 Å². The highest BCUT2D eigenvalue weighted by Crippen LogP contribution is 2.46. The van der Waals surface area contributed by atoms with Crippen molar-refractivity contribution in [2.45, 2.75) is 38.0 Å². The average Bonchev–Trinajstić information content (AvgIpc) is 3.02. The first kappa shape index (κ1) is 19.5. The zero-order valence-electron chi connectivity index (χ0n) is 15.6. The number of amides is 1. The van der Waals surface area contributed by atoms with E-state index in [0.29, 0.717) is 33.8 Å². The minimum absolute atomic E-state index is 0.0948. The standard InChI is InChI=1S/C21H18ClF2N3O2/c1-10-6-13(11-2-4-21(23,24)9-11)14(22)7-12(10)16-8-17(28)18-15(27-16)3-5-26-19(18)20(25)29/h3,5-8,11H,2,4,9H2,1H3,(H2,25,29)(H,27,28). The fraction of sp³-hybridized carbons (Fsp3) is 0.286. The molecule has 2 heterocycles. The molecule has 2 aromatic heterocycles. The Morgan fingerprint density at radius 2 is 2.10 bits per heavy atom. The molecule has 1 saturated carbocycles. The first-order valence-electron chi connectivity index (χ1n) is 9.16. The summed E-state index contributed by atoms with van der Waals surface area (Å²) < 4.78 is 27.2. The van der Waals surface area contributed by atoms with Gasteiger partial charge in [0.25, 0.3) is 5.91 Å². The molecule has 0 radical (unpaired) electrons. The second kappa shape index (κ2) is 6.91. The van der Waals surface area contributed by atoms with Crippen molar-refractivity contribution < 1.29 is 13.6 Å². The van der Waals surface area contributed by atoms with Crippen molar-refractivity contribution in [3.63, 3.8) is 0 Å². The first-order valence-corrected chi connectivity index (χ1v) is 9.54. The molecule has 0 spiro atoms. The van der Waals surface area contributed by atoms with Crippen molar-refractivity contribution in [1.29, 1.82) is 0 Å². The number of H-pyrrole nitrogens is 1. The van der Waals surface area contributed by atoms with Gasteiger partial charge in [-0.3, -0.25) is 14.6 Å². The zero-order valence-corrected chi connectivity index (χ0v) is 16.3. The summed E-state index contributed by atoms with van der Waals surface area (Å²) in [7, 11) is 0. The first-order chi connectivity index (χ1) is 13.7. The Morgan fingerprint density at radius 3 is 2.76 bits per heavy atom. The number of carbonyl (C=O) groups is 1. The predicted octanol–water partition coefficient (Wildman–Crippen LogP) is 4.55. The van der Waals surface area contributed by atoms with Crippen LogP contribution < -0.4 is 11.2 Å². The third-order valence-electron chi connectivity index (χ3n) is 5.45. The molecule has 150 valence electrons. The van der Waals surface area contributed by atoms with E-state index < -0.39 is 17.3 Å². The summed E-state index contributed by atoms with van der Waals surface area (Å²) in [5, 5.41) is 0.513. The van der Waals surface area contributed by atoms with E-state index in [0.717, 1.165) is 5.56 Å². The Hall–Kier alpha value is -2.80. The number of fused-ring (bicyclic) bond motifs is 1. The number of hydrogen-bond acceptors (Lipinski definition) is 3. The molecular weight excluding hydrogens is 400 g/mol. The Kier molecular flexibility index (Phi) is 4.65. The van der Waals surface area contributed by atoms with Crippen LogP contribution in [-0.2, 0) is 0 Å². The number of hydrogen-bond donors (Lipinski definition) is 2. The van der Waals surface area contributed by atoms with Crippen molar-refractivity contribution in [3.8, 4) is 11.3 Å². The van der Waals surface area contributed by atoms with Crippen LogP contribution in [-0.4, -0.2) is 21.8 Å². The summed E-state index contributed by atoms with van der Waals surface area (Å²) in [5.41, 5.74) is 7.94. The van der Waals surface area contributed by atoms with E-state index in [2.05, 4.69) is 9.97 Å². The molecule has 3 N–H and O–H groups in total. The number of primary amides is 1. The van der Waals surface area contributed by atoms with E-state index in [9.17, 15) is 18.4 Å². The second-order valence-electron chi connectivity index (χ2n) is 7.48. The van der Waals surface area contributed by atoms with Gasteiger partial charge in [-0.15, -0.1) is 0 Å². The van der Waals surface area contributed by atoms with Crippen LogP contribution in [0.4, 0.5) is 8.78 Å². The van der Waals surface area contributed by atoms with Gasteiger partial charge in [0.15, 0.2) is 5.43 Å². The number of nitrogens with two attached hydrogens (primary N) is 1. The molecule has 1 unspecified atom stereocenters. The van der Waals surface area contributed by atoms with Gasteiger partial charge in [-0.1, -0.05) is 17.7 Å². The molecule has 1 aliphatic carbocycles. The summed E-state index contributed by atoms with van der Waals surface area (Å²) in [4.78, 5) is 31.2. The maximum Gasteiger partial charge on any atom is 0.268 e. The van der Waals surface area contributed by atoms with Gasteiger partial charge in [0.2, 0.25) is 5.92 Å². The monoisotopic (exact) mass is 417 g/mol. The summed E-state index contributed by atoms with van der Waals surface area (Å²) in [6.07, 6.45) is 1.44. The Balaban J connectivity index is 1.81. The van der Waals surface area contributed by atoms with Crippen molar-refractivity contribution in [2.75, 3.05) is 0 Å². The van der Waals surface area contributed by atoms with Gasteiger partial charge in [-0.25, -0.2) is 8.78 Å². The van der Waals surface area contributed by atoms with Gasteiger partial charge in [0.05, 0.1) is 16.6 Å². The van der Waals surface area contributed by atoms with E-state index in [1.54, 1.807) is 12.1 Å². The molecule has 0 aliphatic heterocycles. The number of pyridine rings is 2. The molecule has 1 atom stereocenters. The van der Waals surface area contributed by atoms with Crippen LogP contribution in [0.3, 0.4) is 0 Å². The fourth-order valence-corrected chi connectivity index (χ4v) is 4.37. The minimum Gasteiger partial charge on any atom is -0.364 e. The third kappa shape index (κ3) is 3.51. The number of benzene rings is 1. The number of carbonyl (C=O) groups excluding carboxylic acids is 1. The molecule has 8 heteroatoms. The smallest absolute Gasteiger partial charge is 0.268 e. The lowest BCUT2D eigenvalue weighted by Gasteiger charge is -2.16. The number of aromatic amines is 1. The second-order valence-corrected chi connectivity index (χ2v) is 7.89. The van der Waals surface area contributed by atoms with Gasteiger partial charge >= 0.3 is 0 Å². The maximum absolute atomic E-state index is 13.6. The zero-order chi connectivity index (χ0) is 20.9. The number of alkyl halides is 2. The average molecular weight is 418 g/mol. The van der Waals surface area contributed by atoms with E-state index in [1.807, 2.05) is 13.0 Å². The fourth-order valence-electron chi connectivity index (χ4n) is 4.05. The van der Waals surface area contributed by atoms with Crippen LogP contribution in [0.1, 0.15) is 46.8 Å². The Morgan fingerprint density at radius 1 is 1.34 bits per heavy atom. The van der Waals surface area contributed by atoms with E-state index in [-0.39, 0.29) is 29.8 Å². The molecule has 29 heavy (non-hydrogen) atoms. The normalized spacial score (nSPS) is 18.3. The van der Waals surface area contributed by atoms with Crippen LogP contribution >= 0.6 is 11.6 Å². The highest BCUT2D eigenvalue weighted by molar-refractivity contribution is 6.31. The maximum atomic E-state index is 13.6. The van der Waals surface area contributed by atoms with Gasteiger partial charge < -0.3 is 10.7 Å². The van der Waals surface area contributed by atoms with Gasteiger partial charge in [0.1, 0.15) is 5.69 Å². The van der Waals surface area contributed by atoms with Crippen LogP contribution in [0.2, 0.25) is 5.02 Å². The summed E-state index contributed by atoms with van der Waals surface area (Å²) >= 11 is 6.44. The molecule has 4 rings (SSSR count). The van der Waals surface area contributed by atoms with Crippen LogP contribution in [0, 0.1) is 6.92 Å². The lowest BCUT2D eigenvalue weighted by molar-refractivity contribution is 0.00776. The lowest BCUT2D eigenvalue weighted by Crippen LogP contribution is -2.17. The molecule has 1 amide bonds. The van der Waals surface area contributed by atoms with Crippen LogP contribution in [0.15, 0.2) is 35.3 Å². The van der Waals surface area contributed by atoms with E-state index >= 15 is 0 Å². The molecule has 1 aromatic carbocycles. The van der Waals surface area contributed by atoms with Gasteiger partial charge in [0, 0.05) is 35.7 Å². The van der Waals surface area contributed by atoms with Gasteiger partial charge in [-0.2, -0.15) is 0 Å². The molecule has 5 nitrogen and oxygen atoms in total. The van der Waals surface area contributed by atoms with Crippen molar-refractivity contribution in [1.82, 2.24) is 9.97 Å². The van der Waals surface area contributed by atoms with E-state index in [1.165, 1.54) is 12.3 Å². The quantitative estimate of drug-likeness (QED) is 0.655. The Bertz CT molecular complexity index is 1210. The minimum atomic E-state index is -2.66. The SMILES string of the molecule is Cc1cc(C2CCC(F)(F)C2)c(Cl)cc1-c1cc(=O)c2c(C(N)=O)nccc2[nH]1. The third-order valence-corrected chi connectivity index (χ3v) is 5.78. The van der Waals surface area contributed by atoms with Gasteiger partial charge in [-0.05, 0) is 42.5 Å². The summed E-state index contributed by atoms with van der Waals surface area (Å²) in [5.74, 6) is -3.73. The van der Waals surface area contributed by atoms with Crippen molar-refractivity contribution in [3.05, 3.63) is 62.5 Å². The molecule has 0 saturated heterocycles. The number of nitrogens with one attached hydrogen (secondary N) is 1. The molecule has 0 bridgehead atoms. The number of aryl methyl sites for hydroxylation is 1. The molecule has 3 aromatic rings. The molecule has 1 aliphatic rings. The number of halogens is 3. The van der Waals surface area contributed by atoms with Crippen molar-refractivity contribution in [2.24, 2.45) is 5.73 Å². The highest BCUT2D eigenvalue weighted by Gasteiger charge is 2.40. The van der Waals surface area contributed by atoms with Crippen LogP contribution in [0.5, 0.6) is 0 Å². The lowest BCUT2D eigenvalue weighted by atomic mass is 9.92. The van der Waals surface area contributed by atoms with Crippen molar-refractivity contribution >= 4 is 28.4 Å². The molecular formula is C21H18ClF2N3O2. The molecule has 1 fully saturated rings. The largest absolute Gasteiger partial charge is 0.364 e. The number of nitrogens with zero attached hydrogens (tertiary/aromatic N) is 1. The number of rotatable bonds is 3.